The minimum Gasteiger partial charge on any atom is -0.356 e. The molecular formula is C22H26ClN3O2. The smallest absolute Gasteiger partial charge is 0.237 e. The van der Waals surface area contributed by atoms with Crippen LogP contribution in [0.4, 0.5) is 0 Å². The second kappa shape index (κ2) is 9.71. The molecule has 2 aromatic rings. The van der Waals surface area contributed by atoms with Gasteiger partial charge in [-0.05, 0) is 36.1 Å². The van der Waals surface area contributed by atoms with Gasteiger partial charge in [-0.3, -0.25) is 14.5 Å². The molecule has 148 valence electrons. The van der Waals surface area contributed by atoms with E-state index in [1.54, 1.807) is 0 Å². The third-order valence-electron chi connectivity index (χ3n) is 5.13. The molecule has 0 aromatic heterocycles. The topological polar surface area (TPSA) is 61.4 Å². The zero-order valence-electron chi connectivity index (χ0n) is 16.1. The summed E-state index contributed by atoms with van der Waals surface area (Å²) >= 11 is 6.15. The molecular weight excluding hydrogens is 374 g/mol. The number of carbonyl (C=O) groups is 2. The first-order valence-electron chi connectivity index (χ1n) is 9.61. The Morgan fingerprint density at radius 3 is 2.64 bits per heavy atom. The Labute approximate surface area is 171 Å². The van der Waals surface area contributed by atoms with Gasteiger partial charge < -0.3 is 10.6 Å². The fourth-order valence-electron chi connectivity index (χ4n) is 3.47. The van der Waals surface area contributed by atoms with Crippen LogP contribution in [0.2, 0.25) is 5.02 Å². The number of piperazine rings is 1. The molecule has 6 heteroatoms. The van der Waals surface area contributed by atoms with E-state index in [1.165, 1.54) is 11.1 Å². The molecule has 1 atom stereocenters. The Balaban J connectivity index is 1.56. The van der Waals surface area contributed by atoms with Gasteiger partial charge in [0.2, 0.25) is 11.8 Å². The zero-order chi connectivity index (χ0) is 19.9. The molecule has 2 aromatic carbocycles. The Morgan fingerprint density at radius 1 is 1.18 bits per heavy atom. The van der Waals surface area contributed by atoms with Crippen molar-refractivity contribution in [3.63, 3.8) is 0 Å². The van der Waals surface area contributed by atoms with Crippen LogP contribution in [0.15, 0.2) is 48.5 Å². The van der Waals surface area contributed by atoms with Gasteiger partial charge in [0, 0.05) is 31.2 Å². The summed E-state index contributed by atoms with van der Waals surface area (Å²) < 4.78 is 0. The highest BCUT2D eigenvalue weighted by molar-refractivity contribution is 6.31. The van der Waals surface area contributed by atoms with E-state index >= 15 is 0 Å². The number of benzene rings is 2. The molecule has 1 fully saturated rings. The van der Waals surface area contributed by atoms with Crippen LogP contribution in [0.5, 0.6) is 0 Å². The highest BCUT2D eigenvalue weighted by atomic mass is 35.5. The SMILES string of the molecule is Cc1ccccc1CN1CCNC(=O)[C@@H]1CC(=O)NCCc1ccccc1Cl. The van der Waals surface area contributed by atoms with Crippen LogP contribution < -0.4 is 10.6 Å². The number of rotatable bonds is 7. The average molecular weight is 400 g/mol. The average Bonchev–Trinajstić information content (AvgIpc) is 2.68. The van der Waals surface area contributed by atoms with Crippen molar-refractivity contribution >= 4 is 23.4 Å². The second-order valence-electron chi connectivity index (χ2n) is 7.10. The lowest BCUT2D eigenvalue weighted by molar-refractivity contribution is -0.134. The fraction of sp³-hybridized carbons (Fsp3) is 0.364. The Kier molecular flexibility index (Phi) is 7.06. The largest absolute Gasteiger partial charge is 0.356 e. The van der Waals surface area contributed by atoms with Gasteiger partial charge in [0.05, 0.1) is 12.5 Å². The second-order valence-corrected chi connectivity index (χ2v) is 7.51. The van der Waals surface area contributed by atoms with Crippen molar-refractivity contribution in [2.24, 2.45) is 0 Å². The van der Waals surface area contributed by atoms with Crippen LogP contribution in [0.25, 0.3) is 0 Å². The van der Waals surface area contributed by atoms with Crippen LogP contribution in [0.3, 0.4) is 0 Å². The molecule has 0 bridgehead atoms. The number of nitrogens with one attached hydrogen (secondary N) is 2. The van der Waals surface area contributed by atoms with E-state index in [1.807, 2.05) is 36.4 Å². The van der Waals surface area contributed by atoms with E-state index in [0.29, 0.717) is 31.1 Å². The van der Waals surface area contributed by atoms with Crippen molar-refractivity contribution in [2.45, 2.75) is 32.4 Å². The van der Waals surface area contributed by atoms with Gasteiger partial charge in [-0.15, -0.1) is 0 Å². The molecule has 3 rings (SSSR count). The number of amides is 2. The standard InChI is InChI=1S/C22H26ClN3O2/c1-16-6-2-3-8-18(16)15-26-13-12-25-22(28)20(26)14-21(27)24-11-10-17-7-4-5-9-19(17)23/h2-9,20H,10-15H2,1H3,(H,24,27)(H,25,28)/t20-/m0/s1. The number of aryl methyl sites for hydroxylation is 1. The Bertz CT molecular complexity index is 840. The Hall–Kier alpha value is -2.37. The van der Waals surface area contributed by atoms with E-state index in [0.717, 1.165) is 12.1 Å². The highest BCUT2D eigenvalue weighted by Gasteiger charge is 2.31. The summed E-state index contributed by atoms with van der Waals surface area (Å²) in [6.45, 7) is 4.56. The summed E-state index contributed by atoms with van der Waals surface area (Å²) in [6.07, 6.45) is 0.815. The molecule has 1 aliphatic heterocycles. The number of hydrogen-bond donors (Lipinski definition) is 2. The van der Waals surface area contributed by atoms with E-state index in [-0.39, 0.29) is 18.2 Å². The van der Waals surface area contributed by atoms with E-state index in [4.69, 9.17) is 11.6 Å². The van der Waals surface area contributed by atoms with Crippen molar-refractivity contribution in [3.8, 4) is 0 Å². The number of carbonyl (C=O) groups excluding carboxylic acids is 2. The molecule has 2 N–H and O–H groups in total. The normalized spacial score (nSPS) is 17.2. The van der Waals surface area contributed by atoms with Gasteiger partial charge in [-0.1, -0.05) is 54.1 Å². The third-order valence-corrected chi connectivity index (χ3v) is 5.50. The first-order valence-corrected chi connectivity index (χ1v) is 9.99. The lowest BCUT2D eigenvalue weighted by Crippen LogP contribution is -2.56. The molecule has 5 nitrogen and oxygen atoms in total. The van der Waals surface area contributed by atoms with Crippen LogP contribution in [-0.4, -0.2) is 42.4 Å². The molecule has 28 heavy (non-hydrogen) atoms. The molecule has 1 heterocycles. The fourth-order valence-corrected chi connectivity index (χ4v) is 3.70. The van der Waals surface area contributed by atoms with Gasteiger partial charge in [0.1, 0.15) is 0 Å². The lowest BCUT2D eigenvalue weighted by atomic mass is 10.0. The number of hydrogen-bond acceptors (Lipinski definition) is 3. The summed E-state index contributed by atoms with van der Waals surface area (Å²) in [5.41, 5.74) is 3.37. The van der Waals surface area contributed by atoms with Crippen molar-refractivity contribution in [1.29, 1.82) is 0 Å². The number of halogens is 1. The monoisotopic (exact) mass is 399 g/mol. The van der Waals surface area contributed by atoms with Crippen molar-refractivity contribution in [1.82, 2.24) is 15.5 Å². The minimum absolute atomic E-state index is 0.0823. The molecule has 0 radical (unpaired) electrons. The predicted molar refractivity (Wildman–Crippen MR) is 111 cm³/mol. The molecule has 2 amide bonds. The van der Waals surface area contributed by atoms with E-state index in [9.17, 15) is 9.59 Å². The minimum atomic E-state index is -0.450. The van der Waals surface area contributed by atoms with Crippen LogP contribution >= 0.6 is 11.6 Å². The molecule has 0 aliphatic carbocycles. The van der Waals surface area contributed by atoms with E-state index in [2.05, 4.69) is 34.6 Å². The summed E-state index contributed by atoms with van der Waals surface area (Å²) in [7, 11) is 0. The Morgan fingerprint density at radius 2 is 1.89 bits per heavy atom. The molecule has 0 saturated carbocycles. The van der Waals surface area contributed by atoms with Gasteiger partial charge in [-0.2, -0.15) is 0 Å². The van der Waals surface area contributed by atoms with Crippen molar-refractivity contribution < 1.29 is 9.59 Å². The van der Waals surface area contributed by atoms with Gasteiger partial charge in [0.15, 0.2) is 0 Å². The quantitative estimate of drug-likeness (QED) is 0.752. The maximum absolute atomic E-state index is 12.4. The molecule has 0 spiro atoms. The van der Waals surface area contributed by atoms with Crippen LogP contribution in [0, 0.1) is 6.92 Å². The van der Waals surface area contributed by atoms with Gasteiger partial charge in [-0.25, -0.2) is 0 Å². The van der Waals surface area contributed by atoms with Crippen LogP contribution in [0.1, 0.15) is 23.1 Å². The molecule has 0 unspecified atom stereocenters. The summed E-state index contributed by atoms with van der Waals surface area (Å²) in [4.78, 5) is 26.9. The number of nitrogens with zero attached hydrogens (tertiary/aromatic N) is 1. The van der Waals surface area contributed by atoms with Gasteiger partial charge in [0.25, 0.3) is 0 Å². The van der Waals surface area contributed by atoms with Crippen molar-refractivity contribution in [3.05, 3.63) is 70.2 Å². The van der Waals surface area contributed by atoms with Gasteiger partial charge >= 0.3 is 0 Å². The first kappa shape index (κ1) is 20.4. The highest BCUT2D eigenvalue weighted by Crippen LogP contribution is 2.17. The van der Waals surface area contributed by atoms with E-state index < -0.39 is 6.04 Å². The predicted octanol–water partition coefficient (Wildman–Crippen LogP) is 2.70. The molecule has 1 aliphatic rings. The maximum Gasteiger partial charge on any atom is 0.237 e. The summed E-state index contributed by atoms with van der Waals surface area (Å²) in [6, 6.07) is 15.3. The lowest BCUT2D eigenvalue weighted by Gasteiger charge is -2.35. The summed E-state index contributed by atoms with van der Waals surface area (Å²) in [5.74, 6) is -0.204. The maximum atomic E-state index is 12.4. The zero-order valence-corrected chi connectivity index (χ0v) is 16.8. The van der Waals surface area contributed by atoms with Crippen LogP contribution in [-0.2, 0) is 22.6 Å². The van der Waals surface area contributed by atoms with Crippen molar-refractivity contribution in [2.75, 3.05) is 19.6 Å². The summed E-state index contributed by atoms with van der Waals surface area (Å²) in [5, 5.41) is 6.50. The first-order chi connectivity index (χ1) is 13.5. The third kappa shape index (κ3) is 5.33. The molecule has 1 saturated heterocycles.